The van der Waals surface area contributed by atoms with Crippen LogP contribution in [0, 0.1) is 0 Å². The van der Waals surface area contributed by atoms with Gasteiger partial charge in [0.1, 0.15) is 0 Å². The van der Waals surface area contributed by atoms with Gasteiger partial charge in [0.05, 0.1) is 42.8 Å². The van der Waals surface area contributed by atoms with Gasteiger partial charge in [-0.25, -0.2) is 0 Å². The minimum Gasteiger partial charge on any atom is -0.307 e. The molecule has 62 heavy (non-hydrogen) atoms. The summed E-state index contributed by atoms with van der Waals surface area (Å²) in [5.74, 6) is 0. The van der Waals surface area contributed by atoms with Crippen LogP contribution in [0.2, 0.25) is 0 Å². The van der Waals surface area contributed by atoms with E-state index < -0.39 is 0 Å². The zero-order chi connectivity index (χ0) is 40.2. The van der Waals surface area contributed by atoms with Crippen molar-refractivity contribution in [3.05, 3.63) is 194 Å². The smallest absolute Gasteiger partial charge is 0.0726 e. The molecule has 0 unspecified atom stereocenters. The summed E-state index contributed by atoms with van der Waals surface area (Å²) in [7, 11) is 0. The fourth-order valence-corrected chi connectivity index (χ4v) is 13.8. The topological polar surface area (TPSA) is 9.86 Å². The molecular formula is C58H32N2S2. The molecule has 0 aliphatic rings. The maximum Gasteiger partial charge on any atom is 0.0726 e. The van der Waals surface area contributed by atoms with Crippen molar-refractivity contribution < 1.29 is 0 Å². The number of aromatic nitrogens is 2. The largest absolute Gasteiger partial charge is 0.307 e. The van der Waals surface area contributed by atoms with Crippen LogP contribution in [0.4, 0.5) is 0 Å². The van der Waals surface area contributed by atoms with E-state index in [1.807, 2.05) is 22.7 Å². The number of hydrogen-bond acceptors (Lipinski definition) is 2. The highest BCUT2D eigenvalue weighted by Crippen LogP contribution is 2.52. The minimum atomic E-state index is 1.22. The Labute approximate surface area is 362 Å². The van der Waals surface area contributed by atoms with Crippen LogP contribution in [-0.2, 0) is 0 Å². The Morgan fingerprint density at radius 3 is 0.887 bits per heavy atom. The molecular weight excluding hydrogens is 789 g/mol. The molecule has 0 spiro atoms. The van der Waals surface area contributed by atoms with Crippen LogP contribution in [0.25, 0.3) is 138 Å². The summed E-state index contributed by atoms with van der Waals surface area (Å²) in [6.45, 7) is 0. The maximum atomic E-state index is 2.63. The van der Waals surface area contributed by atoms with Gasteiger partial charge in [0.25, 0.3) is 0 Å². The summed E-state index contributed by atoms with van der Waals surface area (Å²) >= 11 is 3.85. The SMILES string of the molecule is c1ccc2c(c1)sc1c2c2ccccc2c2c3ccccc3n(-c3c4ccccc4c(-n4c5ccccc5c5c6ccccc6c6c7ccccc7sc6c54)c4ccccc34)c12. The first-order valence-electron chi connectivity index (χ1n) is 21.3. The van der Waals surface area contributed by atoms with Crippen molar-refractivity contribution >= 4 is 150 Å². The van der Waals surface area contributed by atoms with Gasteiger partial charge >= 0.3 is 0 Å². The average molecular weight is 821 g/mol. The zero-order valence-electron chi connectivity index (χ0n) is 33.2. The second-order valence-corrected chi connectivity index (χ2v) is 18.7. The second kappa shape index (κ2) is 12.1. The van der Waals surface area contributed by atoms with Gasteiger partial charge in [0.15, 0.2) is 0 Å². The molecule has 15 aromatic rings. The third kappa shape index (κ3) is 4.09. The van der Waals surface area contributed by atoms with Crippen molar-refractivity contribution in [3.8, 4) is 11.4 Å². The monoisotopic (exact) mass is 820 g/mol. The van der Waals surface area contributed by atoms with Crippen LogP contribution >= 0.6 is 22.7 Å². The first-order chi connectivity index (χ1) is 30.8. The fraction of sp³-hybridized carbons (Fsp3) is 0. The minimum absolute atomic E-state index is 1.22. The molecule has 15 rings (SSSR count). The van der Waals surface area contributed by atoms with Gasteiger partial charge in [-0.3, -0.25) is 0 Å². The zero-order valence-corrected chi connectivity index (χ0v) is 34.8. The standard InChI is InChI=1S/C58H32N2S2/c1-3-19-35-33(17-1)49-41-25-9-13-29-45(41)59(55(49)57-51(35)43-27-11-15-31-47(43)61-57)53-37-21-5-7-23-39(37)54(40-24-8-6-22-38(40)53)60-46-30-14-10-26-42(46)50-34-18-2-4-20-36(34)52-44-28-12-16-32-48(44)62-58(52)56(50)60/h1-32H. The van der Waals surface area contributed by atoms with Gasteiger partial charge in [-0.1, -0.05) is 170 Å². The Morgan fingerprint density at radius 1 is 0.242 bits per heavy atom. The highest BCUT2D eigenvalue weighted by atomic mass is 32.1. The molecule has 0 radical (unpaired) electrons. The van der Waals surface area contributed by atoms with Crippen LogP contribution in [-0.4, -0.2) is 9.13 Å². The summed E-state index contributed by atoms with van der Waals surface area (Å²) in [6.07, 6.45) is 0. The van der Waals surface area contributed by atoms with Crippen LogP contribution in [0.3, 0.4) is 0 Å². The predicted octanol–water partition coefficient (Wildman–Crippen LogP) is 17.2. The Hall–Kier alpha value is -7.50. The van der Waals surface area contributed by atoms with Crippen LogP contribution in [0.15, 0.2) is 194 Å². The number of rotatable bonds is 2. The average Bonchev–Trinajstić information content (AvgIpc) is 4.10. The van der Waals surface area contributed by atoms with Gasteiger partial charge in [-0.05, 0) is 45.8 Å². The highest BCUT2D eigenvalue weighted by Gasteiger charge is 2.27. The normalized spacial score (nSPS) is 12.5. The van der Waals surface area contributed by atoms with Crippen molar-refractivity contribution in [1.29, 1.82) is 0 Å². The van der Waals surface area contributed by atoms with E-state index in [0.717, 1.165) is 0 Å². The lowest BCUT2D eigenvalue weighted by molar-refractivity contribution is 1.20. The molecule has 286 valence electrons. The van der Waals surface area contributed by atoms with E-state index in [-0.39, 0.29) is 0 Å². The Bertz CT molecular complexity index is 4120. The Balaban J connectivity index is 1.19. The quantitative estimate of drug-likeness (QED) is 0.154. The molecule has 0 bridgehead atoms. The summed E-state index contributed by atoms with van der Waals surface area (Å²) in [5.41, 5.74) is 7.43. The van der Waals surface area contributed by atoms with Crippen LogP contribution < -0.4 is 0 Å². The van der Waals surface area contributed by atoms with Gasteiger partial charge in [0.2, 0.25) is 0 Å². The number of nitrogens with zero attached hydrogens (tertiary/aromatic N) is 2. The number of hydrogen-bond donors (Lipinski definition) is 0. The van der Waals surface area contributed by atoms with E-state index in [1.165, 1.54) is 138 Å². The van der Waals surface area contributed by atoms with Crippen LogP contribution in [0.1, 0.15) is 0 Å². The van der Waals surface area contributed by atoms with Crippen molar-refractivity contribution in [2.45, 2.75) is 0 Å². The summed E-state index contributed by atoms with van der Waals surface area (Å²) in [5, 5.41) is 20.6. The molecule has 4 heterocycles. The van der Waals surface area contributed by atoms with Crippen molar-refractivity contribution in [2.75, 3.05) is 0 Å². The Kier molecular flexibility index (Phi) is 6.48. The van der Waals surface area contributed by atoms with Gasteiger partial charge in [0, 0.05) is 74.0 Å². The van der Waals surface area contributed by atoms with Crippen LogP contribution in [0.5, 0.6) is 0 Å². The Morgan fingerprint density at radius 2 is 0.516 bits per heavy atom. The molecule has 11 aromatic carbocycles. The van der Waals surface area contributed by atoms with E-state index >= 15 is 0 Å². The summed E-state index contributed by atoms with van der Waals surface area (Å²) < 4.78 is 10.5. The molecule has 0 fully saturated rings. The number of benzene rings is 11. The lowest BCUT2D eigenvalue weighted by Gasteiger charge is -2.21. The first-order valence-corrected chi connectivity index (χ1v) is 22.9. The molecule has 0 saturated heterocycles. The number of fused-ring (bicyclic) bond motifs is 22. The molecule has 0 atom stereocenters. The second-order valence-electron chi connectivity index (χ2n) is 16.6. The van der Waals surface area contributed by atoms with Gasteiger partial charge in [-0.2, -0.15) is 0 Å². The van der Waals surface area contributed by atoms with E-state index in [0.29, 0.717) is 0 Å². The van der Waals surface area contributed by atoms with Gasteiger partial charge < -0.3 is 9.13 Å². The first kappa shape index (κ1) is 33.2. The molecule has 0 aliphatic heterocycles. The maximum absolute atomic E-state index is 2.63. The molecule has 0 saturated carbocycles. The lowest BCUT2D eigenvalue weighted by Crippen LogP contribution is -2.03. The summed E-state index contributed by atoms with van der Waals surface area (Å²) in [6, 6.07) is 72.6. The molecule has 2 nitrogen and oxygen atoms in total. The van der Waals surface area contributed by atoms with E-state index in [1.54, 1.807) is 0 Å². The van der Waals surface area contributed by atoms with E-state index in [9.17, 15) is 0 Å². The van der Waals surface area contributed by atoms with E-state index in [2.05, 4.69) is 203 Å². The van der Waals surface area contributed by atoms with Crippen molar-refractivity contribution in [2.24, 2.45) is 0 Å². The molecule has 0 aliphatic carbocycles. The molecule has 4 heteroatoms. The van der Waals surface area contributed by atoms with Crippen molar-refractivity contribution in [1.82, 2.24) is 9.13 Å². The third-order valence-electron chi connectivity index (χ3n) is 13.6. The molecule has 4 aromatic heterocycles. The predicted molar refractivity (Wildman–Crippen MR) is 271 cm³/mol. The highest BCUT2D eigenvalue weighted by molar-refractivity contribution is 7.27. The molecule has 0 amide bonds. The summed E-state index contributed by atoms with van der Waals surface area (Å²) in [4.78, 5) is 0. The lowest BCUT2D eigenvalue weighted by atomic mass is 9.96. The fourth-order valence-electron chi connectivity index (χ4n) is 11.3. The van der Waals surface area contributed by atoms with E-state index in [4.69, 9.17) is 0 Å². The van der Waals surface area contributed by atoms with Gasteiger partial charge in [-0.15, -0.1) is 22.7 Å². The third-order valence-corrected chi connectivity index (χ3v) is 16.0. The number of para-hydroxylation sites is 2. The molecule has 0 N–H and O–H groups in total. The number of thiophene rings is 2. The van der Waals surface area contributed by atoms with Crippen molar-refractivity contribution in [3.63, 3.8) is 0 Å².